The summed E-state index contributed by atoms with van der Waals surface area (Å²) in [5, 5.41) is 2.35. The average molecular weight is 353 g/mol. The Morgan fingerprint density at radius 3 is 2.48 bits per heavy atom. The molecule has 0 atom stereocenters. The zero-order valence-electron chi connectivity index (χ0n) is 11.2. The number of nitrogens with one attached hydrogen (secondary N) is 1. The third-order valence-electron chi connectivity index (χ3n) is 3.07. The Morgan fingerprint density at radius 2 is 1.90 bits per heavy atom. The van der Waals surface area contributed by atoms with Crippen LogP contribution < -0.4 is 5.32 Å². The van der Waals surface area contributed by atoms with E-state index in [1.165, 1.54) is 23.5 Å². The van der Waals surface area contributed by atoms with E-state index in [0.29, 0.717) is 13.2 Å². The largest absolute Gasteiger partial charge is 0.379 e. The van der Waals surface area contributed by atoms with Gasteiger partial charge in [0.2, 0.25) is 10.0 Å². The smallest absolute Gasteiger partial charge is 0.251 e. The highest BCUT2D eigenvalue weighted by Crippen LogP contribution is 2.33. The number of morpholine rings is 1. The van der Waals surface area contributed by atoms with Crippen LogP contribution in [0.15, 0.2) is 17.0 Å². The lowest BCUT2D eigenvalue weighted by molar-refractivity contribution is 0.0730. The quantitative estimate of drug-likeness (QED) is 0.891. The van der Waals surface area contributed by atoms with E-state index >= 15 is 0 Å². The number of ether oxygens (including phenoxy) is 1. The van der Waals surface area contributed by atoms with Crippen molar-refractivity contribution >= 4 is 39.1 Å². The van der Waals surface area contributed by atoms with E-state index in [-0.39, 0.29) is 33.6 Å². The highest BCUT2D eigenvalue weighted by molar-refractivity contribution is 7.89. The van der Waals surface area contributed by atoms with Gasteiger partial charge in [-0.15, -0.1) is 0 Å². The molecule has 1 amide bonds. The molecule has 1 N–H and O–H groups in total. The number of hydrogen-bond acceptors (Lipinski definition) is 4. The van der Waals surface area contributed by atoms with Gasteiger partial charge in [0.15, 0.2) is 0 Å². The summed E-state index contributed by atoms with van der Waals surface area (Å²) in [6.07, 6.45) is 0. The molecule has 0 aromatic heterocycles. The summed E-state index contributed by atoms with van der Waals surface area (Å²) in [6.45, 7) is 1.11. The van der Waals surface area contributed by atoms with Gasteiger partial charge < -0.3 is 10.1 Å². The van der Waals surface area contributed by atoms with Crippen molar-refractivity contribution in [1.29, 1.82) is 0 Å². The van der Waals surface area contributed by atoms with Crippen LogP contribution in [-0.4, -0.2) is 52.0 Å². The first-order valence-corrected chi connectivity index (χ1v) is 8.36. The van der Waals surface area contributed by atoms with Crippen LogP contribution >= 0.6 is 23.2 Å². The van der Waals surface area contributed by atoms with Crippen LogP contribution in [0.5, 0.6) is 0 Å². The molecular weight excluding hydrogens is 339 g/mol. The lowest BCUT2D eigenvalue weighted by Crippen LogP contribution is -2.40. The van der Waals surface area contributed by atoms with Gasteiger partial charge in [-0.25, -0.2) is 8.42 Å². The summed E-state index contributed by atoms with van der Waals surface area (Å²) >= 11 is 12.0. The maximum absolute atomic E-state index is 12.6. The third-order valence-corrected chi connectivity index (χ3v) is 5.91. The molecule has 1 aliphatic heterocycles. The lowest BCUT2D eigenvalue weighted by Gasteiger charge is -2.26. The third kappa shape index (κ3) is 3.32. The standard InChI is InChI=1S/C12H14Cl2N2O4S/c1-15-12(17)8-6-9(13)11(14)10(7-8)21(18,19)16-2-4-20-5-3-16/h6-7H,2-5H2,1H3,(H,15,17). The van der Waals surface area contributed by atoms with Crippen LogP contribution in [0.25, 0.3) is 0 Å². The van der Waals surface area contributed by atoms with E-state index in [4.69, 9.17) is 27.9 Å². The fourth-order valence-corrected chi connectivity index (χ4v) is 4.15. The molecular formula is C12H14Cl2N2O4S. The molecule has 2 rings (SSSR count). The highest BCUT2D eigenvalue weighted by Gasteiger charge is 2.30. The summed E-state index contributed by atoms with van der Waals surface area (Å²) in [4.78, 5) is 11.5. The van der Waals surface area contributed by atoms with Crippen molar-refractivity contribution in [3.05, 3.63) is 27.7 Å². The molecule has 1 heterocycles. The van der Waals surface area contributed by atoms with Crippen LogP contribution in [0, 0.1) is 0 Å². The topological polar surface area (TPSA) is 75.7 Å². The zero-order chi connectivity index (χ0) is 15.6. The summed E-state index contributed by atoms with van der Waals surface area (Å²) in [5.74, 6) is -0.438. The predicted molar refractivity (Wildman–Crippen MR) is 79.4 cm³/mol. The van der Waals surface area contributed by atoms with Gasteiger partial charge in [0.05, 0.1) is 23.3 Å². The van der Waals surface area contributed by atoms with E-state index in [9.17, 15) is 13.2 Å². The minimum atomic E-state index is -3.82. The number of carbonyl (C=O) groups excluding carboxylic acids is 1. The first-order chi connectivity index (χ1) is 9.87. The summed E-state index contributed by atoms with van der Waals surface area (Å²) in [6, 6.07) is 2.57. The Kier molecular flexibility index (Phi) is 5.11. The normalized spacial score (nSPS) is 16.7. The van der Waals surface area contributed by atoms with Gasteiger partial charge in [-0.05, 0) is 12.1 Å². The van der Waals surface area contributed by atoms with Crippen molar-refractivity contribution in [2.24, 2.45) is 0 Å². The Morgan fingerprint density at radius 1 is 1.29 bits per heavy atom. The molecule has 0 saturated carbocycles. The lowest BCUT2D eigenvalue weighted by atomic mass is 10.2. The Hall–Kier alpha value is -0.860. The number of halogens is 2. The number of hydrogen-bond donors (Lipinski definition) is 1. The van der Waals surface area contributed by atoms with Crippen molar-refractivity contribution < 1.29 is 17.9 Å². The Balaban J connectivity index is 2.51. The number of benzene rings is 1. The second-order valence-corrected chi connectivity index (χ2v) is 7.06. The number of amides is 1. The van der Waals surface area contributed by atoms with E-state index < -0.39 is 15.9 Å². The average Bonchev–Trinajstić information content (AvgIpc) is 2.49. The molecule has 1 fully saturated rings. The molecule has 6 nitrogen and oxygen atoms in total. The molecule has 0 aliphatic carbocycles. The van der Waals surface area contributed by atoms with Crippen molar-refractivity contribution in [3.63, 3.8) is 0 Å². The van der Waals surface area contributed by atoms with E-state index in [2.05, 4.69) is 5.32 Å². The van der Waals surface area contributed by atoms with Gasteiger partial charge >= 0.3 is 0 Å². The predicted octanol–water partition coefficient (Wildman–Crippen LogP) is 1.37. The number of sulfonamides is 1. The molecule has 1 aliphatic rings. The maximum Gasteiger partial charge on any atom is 0.251 e. The van der Waals surface area contributed by atoms with E-state index in [0.717, 1.165) is 0 Å². The highest BCUT2D eigenvalue weighted by atomic mass is 35.5. The molecule has 0 unspecified atom stereocenters. The van der Waals surface area contributed by atoms with Gasteiger partial charge in [-0.3, -0.25) is 4.79 Å². The van der Waals surface area contributed by atoms with Crippen LogP contribution in [0.4, 0.5) is 0 Å². The Labute approximate surface area is 133 Å². The van der Waals surface area contributed by atoms with Crippen LogP contribution in [0.1, 0.15) is 10.4 Å². The summed E-state index contributed by atoms with van der Waals surface area (Å²) in [5.41, 5.74) is 0.138. The van der Waals surface area contributed by atoms with Crippen molar-refractivity contribution in [2.75, 3.05) is 33.4 Å². The Bertz CT molecular complexity index is 657. The molecule has 116 valence electrons. The first-order valence-electron chi connectivity index (χ1n) is 6.17. The molecule has 1 aromatic carbocycles. The van der Waals surface area contributed by atoms with E-state index in [1.807, 2.05) is 0 Å². The molecule has 21 heavy (non-hydrogen) atoms. The van der Waals surface area contributed by atoms with Gasteiger partial charge in [0.25, 0.3) is 5.91 Å². The molecule has 0 radical (unpaired) electrons. The van der Waals surface area contributed by atoms with Crippen molar-refractivity contribution in [1.82, 2.24) is 9.62 Å². The number of carbonyl (C=O) groups is 1. The van der Waals surface area contributed by atoms with Gasteiger partial charge in [0.1, 0.15) is 4.90 Å². The minimum absolute atomic E-state index is 0.0181. The molecule has 9 heteroatoms. The summed E-state index contributed by atoms with van der Waals surface area (Å²) in [7, 11) is -2.38. The molecule has 0 bridgehead atoms. The SMILES string of the molecule is CNC(=O)c1cc(Cl)c(Cl)c(S(=O)(=O)N2CCOCC2)c1. The first kappa shape index (κ1) is 16.5. The van der Waals surface area contributed by atoms with Crippen LogP contribution in [0.3, 0.4) is 0 Å². The van der Waals surface area contributed by atoms with Gasteiger partial charge in [0, 0.05) is 25.7 Å². The second-order valence-electron chi connectivity index (χ2n) is 4.37. The second kappa shape index (κ2) is 6.50. The fraction of sp³-hybridized carbons (Fsp3) is 0.417. The van der Waals surface area contributed by atoms with Crippen molar-refractivity contribution in [2.45, 2.75) is 4.90 Å². The molecule has 1 saturated heterocycles. The minimum Gasteiger partial charge on any atom is -0.379 e. The number of nitrogens with zero attached hydrogens (tertiary/aromatic N) is 1. The maximum atomic E-state index is 12.6. The van der Waals surface area contributed by atoms with Crippen LogP contribution in [-0.2, 0) is 14.8 Å². The fourth-order valence-electron chi connectivity index (χ4n) is 1.95. The van der Waals surface area contributed by atoms with Crippen molar-refractivity contribution in [3.8, 4) is 0 Å². The van der Waals surface area contributed by atoms with Gasteiger partial charge in [-0.1, -0.05) is 23.2 Å². The molecule has 0 spiro atoms. The van der Waals surface area contributed by atoms with E-state index in [1.54, 1.807) is 0 Å². The number of rotatable bonds is 3. The summed E-state index contributed by atoms with van der Waals surface area (Å²) < 4.78 is 31.6. The van der Waals surface area contributed by atoms with Gasteiger partial charge in [-0.2, -0.15) is 4.31 Å². The molecule has 1 aromatic rings. The van der Waals surface area contributed by atoms with Crippen LogP contribution in [0.2, 0.25) is 10.0 Å². The monoisotopic (exact) mass is 352 g/mol. The zero-order valence-corrected chi connectivity index (χ0v) is 13.6.